The van der Waals surface area contributed by atoms with E-state index in [4.69, 9.17) is 14.2 Å². The van der Waals surface area contributed by atoms with Gasteiger partial charge in [0.2, 0.25) is 0 Å². The number of aromatic nitrogens is 2. The third-order valence-electron chi connectivity index (χ3n) is 5.29. The molecule has 2 heterocycles. The molecule has 2 aromatic carbocycles. The third-order valence-corrected chi connectivity index (χ3v) is 5.29. The van der Waals surface area contributed by atoms with Gasteiger partial charge in [-0.2, -0.15) is 0 Å². The molecule has 164 valence electrons. The fourth-order valence-corrected chi connectivity index (χ4v) is 3.66. The van der Waals surface area contributed by atoms with Crippen LogP contribution in [0.15, 0.2) is 48.5 Å². The second-order valence-electron chi connectivity index (χ2n) is 7.23. The molecule has 0 spiro atoms. The van der Waals surface area contributed by atoms with Gasteiger partial charge in [0.05, 0.1) is 32.5 Å². The van der Waals surface area contributed by atoms with Crippen LogP contribution in [0.1, 0.15) is 17.4 Å². The molecule has 8 nitrogen and oxygen atoms in total. The zero-order valence-electron chi connectivity index (χ0n) is 18.2. The summed E-state index contributed by atoms with van der Waals surface area (Å²) in [6, 6.07) is 14.1. The highest BCUT2D eigenvalue weighted by Crippen LogP contribution is 2.38. The maximum Gasteiger partial charge on any atom is 0.328 e. The van der Waals surface area contributed by atoms with Crippen molar-refractivity contribution in [3.05, 3.63) is 54.2 Å². The van der Waals surface area contributed by atoms with E-state index >= 15 is 0 Å². The standard InChI is InChI=1S/C24H23N3O5/c1-13(24(29)32-4)25-23(28)19-12-16-15-7-5-6-8-18(15)26-21(16)22(27-19)17-11-14(30-2)9-10-20(17)31-3/h5-13,26H,1-4H3,(H,25,28). The molecule has 4 aromatic rings. The lowest BCUT2D eigenvalue weighted by atomic mass is 10.0. The van der Waals surface area contributed by atoms with Crippen LogP contribution in [0.5, 0.6) is 11.5 Å². The van der Waals surface area contributed by atoms with Crippen molar-refractivity contribution < 1.29 is 23.8 Å². The van der Waals surface area contributed by atoms with Gasteiger partial charge in [-0.1, -0.05) is 18.2 Å². The van der Waals surface area contributed by atoms with Crippen LogP contribution in [0.2, 0.25) is 0 Å². The van der Waals surface area contributed by atoms with Gasteiger partial charge >= 0.3 is 5.97 Å². The summed E-state index contributed by atoms with van der Waals surface area (Å²) in [5, 5.41) is 4.41. The van der Waals surface area contributed by atoms with E-state index in [-0.39, 0.29) is 5.69 Å². The van der Waals surface area contributed by atoms with Gasteiger partial charge in [0.1, 0.15) is 23.2 Å². The van der Waals surface area contributed by atoms with E-state index in [1.54, 1.807) is 39.3 Å². The van der Waals surface area contributed by atoms with E-state index in [9.17, 15) is 9.59 Å². The van der Waals surface area contributed by atoms with Crippen LogP contribution in [0, 0.1) is 0 Å². The highest BCUT2D eigenvalue weighted by Gasteiger charge is 2.22. The molecule has 0 radical (unpaired) electrons. The van der Waals surface area contributed by atoms with Gasteiger partial charge < -0.3 is 24.5 Å². The summed E-state index contributed by atoms with van der Waals surface area (Å²) in [6.45, 7) is 1.56. The Labute approximate surface area is 184 Å². The lowest BCUT2D eigenvalue weighted by Gasteiger charge is -2.14. The third kappa shape index (κ3) is 3.71. The summed E-state index contributed by atoms with van der Waals surface area (Å²) in [5.41, 5.74) is 3.03. The second kappa shape index (κ2) is 8.58. The van der Waals surface area contributed by atoms with Gasteiger partial charge in [-0.3, -0.25) is 4.79 Å². The Bertz CT molecular complexity index is 1330. The van der Waals surface area contributed by atoms with E-state index in [1.807, 2.05) is 30.3 Å². The van der Waals surface area contributed by atoms with E-state index in [0.717, 1.165) is 21.8 Å². The quantitative estimate of drug-likeness (QED) is 0.450. The molecule has 0 aliphatic rings. The number of carbonyl (C=O) groups is 2. The molecule has 0 bridgehead atoms. The molecule has 0 saturated carbocycles. The number of methoxy groups -OCH3 is 3. The monoisotopic (exact) mass is 433 g/mol. The number of ether oxygens (including phenoxy) is 3. The highest BCUT2D eigenvalue weighted by atomic mass is 16.5. The largest absolute Gasteiger partial charge is 0.497 e. The summed E-state index contributed by atoms with van der Waals surface area (Å²) < 4.78 is 15.7. The summed E-state index contributed by atoms with van der Waals surface area (Å²) in [6.07, 6.45) is 0. The molecular weight excluding hydrogens is 410 g/mol. The van der Waals surface area contributed by atoms with Crippen molar-refractivity contribution in [3.63, 3.8) is 0 Å². The first-order valence-electron chi connectivity index (χ1n) is 9.99. The van der Waals surface area contributed by atoms with Crippen LogP contribution in [-0.4, -0.2) is 49.2 Å². The number of hydrogen-bond acceptors (Lipinski definition) is 6. The van der Waals surface area contributed by atoms with Crippen molar-refractivity contribution in [2.24, 2.45) is 0 Å². The Morgan fingerprint density at radius 3 is 2.50 bits per heavy atom. The molecule has 0 saturated heterocycles. The first-order valence-corrected chi connectivity index (χ1v) is 9.99. The summed E-state index contributed by atoms with van der Waals surface area (Å²) in [5.74, 6) is 0.180. The van der Waals surface area contributed by atoms with Gasteiger partial charge in [-0.05, 0) is 37.3 Å². The molecule has 1 unspecified atom stereocenters. The Hall–Kier alpha value is -4.07. The summed E-state index contributed by atoms with van der Waals surface area (Å²) in [4.78, 5) is 32.8. The normalized spacial score (nSPS) is 11.9. The fraction of sp³-hybridized carbons (Fsp3) is 0.208. The van der Waals surface area contributed by atoms with Crippen LogP contribution in [0.25, 0.3) is 33.1 Å². The van der Waals surface area contributed by atoms with Gasteiger partial charge in [0.25, 0.3) is 5.91 Å². The number of rotatable bonds is 6. The first-order chi connectivity index (χ1) is 15.5. The molecule has 32 heavy (non-hydrogen) atoms. The van der Waals surface area contributed by atoms with E-state index < -0.39 is 17.9 Å². The van der Waals surface area contributed by atoms with Crippen molar-refractivity contribution in [3.8, 4) is 22.8 Å². The number of amides is 1. The topological polar surface area (TPSA) is 103 Å². The summed E-state index contributed by atoms with van der Waals surface area (Å²) in [7, 11) is 4.42. The van der Waals surface area contributed by atoms with Crippen LogP contribution >= 0.6 is 0 Å². The molecule has 8 heteroatoms. The number of nitrogens with one attached hydrogen (secondary N) is 2. The van der Waals surface area contributed by atoms with Gasteiger partial charge in [-0.25, -0.2) is 9.78 Å². The van der Waals surface area contributed by atoms with Crippen LogP contribution in [0.3, 0.4) is 0 Å². The number of para-hydroxylation sites is 1. The number of carbonyl (C=O) groups excluding carboxylic acids is 2. The number of pyridine rings is 1. The fourth-order valence-electron chi connectivity index (χ4n) is 3.66. The molecule has 1 atom stereocenters. The Morgan fingerprint density at radius 2 is 1.78 bits per heavy atom. The number of H-pyrrole nitrogens is 1. The van der Waals surface area contributed by atoms with Crippen molar-refractivity contribution in [1.29, 1.82) is 0 Å². The van der Waals surface area contributed by atoms with Gasteiger partial charge in [0.15, 0.2) is 0 Å². The Morgan fingerprint density at radius 1 is 1.00 bits per heavy atom. The number of benzene rings is 2. The average Bonchev–Trinajstić information content (AvgIpc) is 3.21. The van der Waals surface area contributed by atoms with Crippen molar-refractivity contribution in [2.75, 3.05) is 21.3 Å². The zero-order valence-corrected chi connectivity index (χ0v) is 18.2. The van der Waals surface area contributed by atoms with Crippen molar-refractivity contribution >= 4 is 33.7 Å². The highest BCUT2D eigenvalue weighted by molar-refractivity contribution is 6.13. The molecule has 1 amide bonds. The number of esters is 1. The van der Waals surface area contributed by atoms with Gasteiger partial charge in [0, 0.05) is 21.9 Å². The minimum absolute atomic E-state index is 0.165. The minimum Gasteiger partial charge on any atom is -0.497 e. The smallest absolute Gasteiger partial charge is 0.328 e. The number of fused-ring (bicyclic) bond motifs is 3. The molecule has 4 rings (SSSR count). The molecular formula is C24H23N3O5. The average molecular weight is 433 g/mol. The van der Waals surface area contributed by atoms with E-state index in [1.165, 1.54) is 7.11 Å². The number of hydrogen-bond donors (Lipinski definition) is 2. The molecule has 0 aliphatic carbocycles. The molecule has 2 N–H and O–H groups in total. The second-order valence-corrected chi connectivity index (χ2v) is 7.23. The predicted molar refractivity (Wildman–Crippen MR) is 121 cm³/mol. The Balaban J connectivity index is 1.96. The lowest BCUT2D eigenvalue weighted by Crippen LogP contribution is -2.39. The first kappa shape index (κ1) is 21.2. The van der Waals surface area contributed by atoms with Crippen LogP contribution in [0.4, 0.5) is 0 Å². The van der Waals surface area contributed by atoms with E-state index in [0.29, 0.717) is 22.8 Å². The number of nitrogens with zero attached hydrogens (tertiary/aromatic N) is 1. The molecule has 0 aliphatic heterocycles. The number of aromatic amines is 1. The maximum absolute atomic E-state index is 13.0. The maximum atomic E-state index is 13.0. The SMILES string of the molecule is COC(=O)C(C)NC(=O)c1cc2c([nH]c3ccccc32)c(-c2cc(OC)ccc2OC)n1. The van der Waals surface area contributed by atoms with Crippen molar-refractivity contribution in [2.45, 2.75) is 13.0 Å². The lowest BCUT2D eigenvalue weighted by molar-refractivity contribution is -0.142. The predicted octanol–water partition coefficient (Wildman–Crippen LogP) is 3.69. The van der Waals surface area contributed by atoms with Crippen LogP contribution < -0.4 is 14.8 Å². The van der Waals surface area contributed by atoms with Crippen LogP contribution in [-0.2, 0) is 9.53 Å². The van der Waals surface area contributed by atoms with Crippen molar-refractivity contribution in [1.82, 2.24) is 15.3 Å². The van der Waals surface area contributed by atoms with E-state index in [2.05, 4.69) is 15.3 Å². The minimum atomic E-state index is -0.817. The van der Waals surface area contributed by atoms with Gasteiger partial charge in [-0.15, -0.1) is 0 Å². The Kier molecular flexibility index (Phi) is 5.68. The molecule has 2 aromatic heterocycles. The zero-order chi connectivity index (χ0) is 22.8. The summed E-state index contributed by atoms with van der Waals surface area (Å²) >= 11 is 0. The molecule has 0 fully saturated rings.